The van der Waals surface area contributed by atoms with Crippen LogP contribution in [0, 0.1) is 0 Å². The normalized spacial score (nSPS) is 12.2. The summed E-state index contributed by atoms with van der Waals surface area (Å²) < 4.78 is 22.1. The Morgan fingerprint density at radius 3 is 2.17 bits per heavy atom. The van der Waals surface area contributed by atoms with Gasteiger partial charge in [-0.05, 0) is 38.1 Å². The minimum absolute atomic E-state index is 0.0424. The second kappa shape index (κ2) is 4.95. The van der Waals surface area contributed by atoms with Crippen molar-refractivity contribution in [2.45, 2.75) is 30.7 Å². The fraction of sp³-hybridized carbons (Fsp3) is 0.364. The second-order valence-electron chi connectivity index (χ2n) is 4.72. The number of carbonyl (C=O) groups is 1. The van der Waals surface area contributed by atoms with Crippen molar-refractivity contribution in [2.24, 2.45) is 10.9 Å². The molecule has 0 spiro atoms. The third kappa shape index (κ3) is 4.34. The molecule has 0 aliphatic rings. The molecule has 0 unspecified atom stereocenters. The van der Waals surface area contributed by atoms with Gasteiger partial charge in [0.1, 0.15) is 0 Å². The van der Waals surface area contributed by atoms with Crippen molar-refractivity contribution in [3.63, 3.8) is 0 Å². The third-order valence-corrected chi connectivity index (χ3v) is 3.21. The molecule has 0 atom stereocenters. The topological polar surface area (TPSA) is 115 Å². The van der Waals surface area contributed by atoms with Crippen molar-refractivity contribution in [2.75, 3.05) is 5.32 Å². The van der Waals surface area contributed by atoms with E-state index in [-0.39, 0.29) is 11.3 Å². The molecule has 0 fully saturated rings. The minimum Gasteiger partial charge on any atom is -0.380 e. The van der Waals surface area contributed by atoms with Crippen LogP contribution >= 0.6 is 0 Å². The van der Waals surface area contributed by atoms with Crippen LogP contribution in [0.1, 0.15) is 20.3 Å². The SMILES string of the molecule is CC(C)(CC(N)=O)Nc1ccc(S(N)(=O)=O)cc1. The van der Waals surface area contributed by atoms with E-state index in [1.54, 1.807) is 12.1 Å². The molecule has 0 heterocycles. The van der Waals surface area contributed by atoms with E-state index in [1.165, 1.54) is 12.1 Å². The molecule has 0 saturated heterocycles. The summed E-state index contributed by atoms with van der Waals surface area (Å²) in [6.45, 7) is 3.65. The van der Waals surface area contributed by atoms with Gasteiger partial charge in [0.25, 0.3) is 0 Å². The maximum absolute atomic E-state index is 11.1. The number of hydrogen-bond acceptors (Lipinski definition) is 4. The lowest BCUT2D eigenvalue weighted by atomic mass is 10.00. The van der Waals surface area contributed by atoms with E-state index in [1.807, 2.05) is 13.8 Å². The Hall–Kier alpha value is -1.60. The van der Waals surface area contributed by atoms with Gasteiger partial charge in [0.05, 0.1) is 4.90 Å². The number of rotatable bonds is 5. The van der Waals surface area contributed by atoms with Crippen LogP contribution < -0.4 is 16.2 Å². The van der Waals surface area contributed by atoms with Gasteiger partial charge in [-0.2, -0.15) is 0 Å². The minimum atomic E-state index is -3.68. The fourth-order valence-corrected chi connectivity index (χ4v) is 2.11. The zero-order valence-electron chi connectivity index (χ0n) is 10.3. The number of amides is 1. The van der Waals surface area contributed by atoms with Crippen LogP contribution in [-0.2, 0) is 14.8 Å². The highest BCUT2D eigenvalue weighted by molar-refractivity contribution is 7.89. The van der Waals surface area contributed by atoms with E-state index in [2.05, 4.69) is 5.32 Å². The standard InChI is InChI=1S/C11H17N3O3S/c1-11(2,7-10(12)15)14-8-3-5-9(6-4-8)18(13,16)17/h3-6,14H,7H2,1-2H3,(H2,12,15)(H2,13,16,17). The van der Waals surface area contributed by atoms with E-state index in [4.69, 9.17) is 10.9 Å². The third-order valence-electron chi connectivity index (χ3n) is 2.28. The van der Waals surface area contributed by atoms with Gasteiger partial charge >= 0.3 is 0 Å². The van der Waals surface area contributed by atoms with Gasteiger partial charge in [0, 0.05) is 17.6 Å². The van der Waals surface area contributed by atoms with E-state index >= 15 is 0 Å². The zero-order chi connectivity index (χ0) is 14.0. The number of hydrogen-bond donors (Lipinski definition) is 3. The van der Waals surface area contributed by atoms with Crippen LogP contribution in [0.3, 0.4) is 0 Å². The summed E-state index contributed by atoms with van der Waals surface area (Å²) in [6.07, 6.45) is 0.171. The highest BCUT2D eigenvalue weighted by Crippen LogP contribution is 2.19. The maximum Gasteiger partial charge on any atom is 0.238 e. The molecule has 1 amide bonds. The number of primary amides is 1. The molecule has 18 heavy (non-hydrogen) atoms. The summed E-state index contributed by atoms with van der Waals surface area (Å²) >= 11 is 0. The molecule has 1 aromatic carbocycles. The number of benzene rings is 1. The average molecular weight is 271 g/mol. The molecule has 0 bridgehead atoms. The zero-order valence-corrected chi connectivity index (χ0v) is 11.1. The Morgan fingerprint density at radius 1 is 1.28 bits per heavy atom. The predicted molar refractivity (Wildman–Crippen MR) is 69.3 cm³/mol. The highest BCUT2D eigenvalue weighted by Gasteiger charge is 2.20. The molecule has 0 aliphatic carbocycles. The lowest BCUT2D eigenvalue weighted by Gasteiger charge is -2.26. The summed E-state index contributed by atoms with van der Waals surface area (Å²) in [5, 5.41) is 8.08. The fourth-order valence-electron chi connectivity index (χ4n) is 1.60. The summed E-state index contributed by atoms with van der Waals surface area (Å²) in [7, 11) is -3.68. The Balaban J connectivity index is 2.84. The van der Waals surface area contributed by atoms with Crippen molar-refractivity contribution in [1.82, 2.24) is 0 Å². The Morgan fingerprint density at radius 2 is 1.78 bits per heavy atom. The molecule has 7 heteroatoms. The van der Waals surface area contributed by atoms with Crippen molar-refractivity contribution in [3.05, 3.63) is 24.3 Å². The molecule has 0 aromatic heterocycles. The van der Waals surface area contributed by atoms with Gasteiger partial charge in [-0.1, -0.05) is 0 Å². The number of anilines is 1. The van der Waals surface area contributed by atoms with Crippen LogP contribution in [-0.4, -0.2) is 19.9 Å². The molecular weight excluding hydrogens is 254 g/mol. The molecule has 0 saturated carbocycles. The van der Waals surface area contributed by atoms with Gasteiger partial charge in [-0.3, -0.25) is 4.79 Å². The second-order valence-corrected chi connectivity index (χ2v) is 6.28. The van der Waals surface area contributed by atoms with Crippen LogP contribution in [0.2, 0.25) is 0 Å². The van der Waals surface area contributed by atoms with Crippen molar-refractivity contribution < 1.29 is 13.2 Å². The number of primary sulfonamides is 1. The smallest absolute Gasteiger partial charge is 0.238 e. The lowest BCUT2D eigenvalue weighted by molar-refractivity contribution is -0.118. The van der Waals surface area contributed by atoms with Gasteiger partial charge < -0.3 is 11.1 Å². The van der Waals surface area contributed by atoms with Gasteiger partial charge in [0.15, 0.2) is 0 Å². The predicted octanol–water partition coefficient (Wildman–Crippen LogP) is 0.400. The number of sulfonamides is 1. The average Bonchev–Trinajstić information content (AvgIpc) is 2.13. The first kappa shape index (κ1) is 14.5. The first-order valence-corrected chi connectivity index (χ1v) is 6.84. The lowest BCUT2D eigenvalue weighted by Crippen LogP contribution is -2.35. The summed E-state index contributed by atoms with van der Waals surface area (Å²) in [6, 6.07) is 5.97. The van der Waals surface area contributed by atoms with Crippen molar-refractivity contribution >= 4 is 21.6 Å². The first-order valence-electron chi connectivity index (χ1n) is 5.29. The van der Waals surface area contributed by atoms with E-state index < -0.39 is 21.5 Å². The Labute approximate surface area is 106 Å². The van der Waals surface area contributed by atoms with Crippen LogP contribution in [0.4, 0.5) is 5.69 Å². The van der Waals surface area contributed by atoms with Crippen molar-refractivity contribution in [1.29, 1.82) is 0 Å². The molecule has 5 N–H and O–H groups in total. The number of carbonyl (C=O) groups excluding carboxylic acids is 1. The van der Waals surface area contributed by atoms with Crippen LogP contribution in [0.15, 0.2) is 29.2 Å². The van der Waals surface area contributed by atoms with Crippen LogP contribution in [0.25, 0.3) is 0 Å². The first-order chi connectivity index (χ1) is 8.10. The molecule has 100 valence electrons. The highest BCUT2D eigenvalue weighted by atomic mass is 32.2. The molecule has 6 nitrogen and oxygen atoms in total. The monoisotopic (exact) mass is 271 g/mol. The van der Waals surface area contributed by atoms with E-state index in [9.17, 15) is 13.2 Å². The summed E-state index contributed by atoms with van der Waals surface area (Å²) in [4.78, 5) is 10.9. The van der Waals surface area contributed by atoms with Gasteiger partial charge in [-0.25, -0.2) is 13.6 Å². The van der Waals surface area contributed by atoms with Crippen molar-refractivity contribution in [3.8, 4) is 0 Å². The summed E-state index contributed by atoms with van der Waals surface area (Å²) in [5.74, 6) is -0.409. The molecule has 1 aromatic rings. The molecule has 0 radical (unpaired) electrons. The van der Waals surface area contributed by atoms with Gasteiger partial charge in [0.2, 0.25) is 15.9 Å². The Bertz CT molecular complexity index is 535. The van der Waals surface area contributed by atoms with E-state index in [0.29, 0.717) is 5.69 Å². The maximum atomic E-state index is 11.1. The molecule has 0 aliphatic heterocycles. The molecule has 1 rings (SSSR count). The quantitative estimate of drug-likeness (QED) is 0.718. The largest absolute Gasteiger partial charge is 0.380 e. The van der Waals surface area contributed by atoms with E-state index in [0.717, 1.165) is 0 Å². The number of nitrogens with two attached hydrogens (primary N) is 2. The summed E-state index contributed by atoms with van der Waals surface area (Å²) in [5.41, 5.74) is 5.32. The Kier molecular flexibility index (Phi) is 3.98. The number of nitrogens with one attached hydrogen (secondary N) is 1. The molecular formula is C11H17N3O3S. The van der Waals surface area contributed by atoms with Gasteiger partial charge in [-0.15, -0.1) is 0 Å². The van der Waals surface area contributed by atoms with Crippen LogP contribution in [0.5, 0.6) is 0 Å².